The van der Waals surface area contributed by atoms with Gasteiger partial charge in [0.05, 0.1) is 19.2 Å². The van der Waals surface area contributed by atoms with Gasteiger partial charge in [0.1, 0.15) is 5.75 Å². The minimum Gasteiger partial charge on any atom is -0.506 e. The van der Waals surface area contributed by atoms with E-state index in [1.54, 1.807) is 6.07 Å². The minimum absolute atomic E-state index is 0.0326. The molecule has 0 spiro atoms. The van der Waals surface area contributed by atoms with Crippen LogP contribution in [0.1, 0.15) is 13.3 Å². The lowest BCUT2D eigenvalue weighted by molar-refractivity contribution is -0.136. The van der Waals surface area contributed by atoms with Crippen molar-refractivity contribution in [2.45, 2.75) is 18.5 Å². The number of aromatic nitrogens is 3. The van der Waals surface area contributed by atoms with Crippen LogP contribution in [0.25, 0.3) is 0 Å². The third-order valence-electron chi connectivity index (χ3n) is 3.19. The molecule has 0 saturated carbocycles. The van der Waals surface area contributed by atoms with Crippen molar-refractivity contribution in [1.82, 2.24) is 20.4 Å². The van der Waals surface area contributed by atoms with Crippen molar-refractivity contribution in [3.05, 3.63) is 18.2 Å². The number of carbonyl (C=O) groups is 3. The van der Waals surface area contributed by atoms with Gasteiger partial charge in [0.2, 0.25) is 17.8 Å². The number of aliphatic carboxylic acids is 1. The SMILES string of the molecule is COC(=O)NNc1nc(Nc2ccc(NC(C)=O)c(O)c2)nc(SCCC(=O)O)n1. The van der Waals surface area contributed by atoms with Crippen LogP contribution in [0.5, 0.6) is 5.75 Å². The molecule has 1 aromatic heterocycles. The average molecular weight is 437 g/mol. The molecule has 6 N–H and O–H groups in total. The maximum atomic E-state index is 11.2. The fourth-order valence-corrected chi connectivity index (χ4v) is 2.72. The smallest absolute Gasteiger partial charge is 0.425 e. The Morgan fingerprint density at radius 3 is 2.53 bits per heavy atom. The number of hydrazine groups is 1. The van der Waals surface area contributed by atoms with Crippen LogP contribution < -0.4 is 21.5 Å². The highest BCUT2D eigenvalue weighted by molar-refractivity contribution is 7.99. The van der Waals surface area contributed by atoms with Crippen molar-refractivity contribution >= 4 is 53.0 Å². The Hall–Kier alpha value is -3.81. The summed E-state index contributed by atoms with van der Waals surface area (Å²) in [5.74, 6) is -1.23. The molecule has 0 aliphatic carbocycles. The number of carboxylic acids is 1. The van der Waals surface area contributed by atoms with Crippen molar-refractivity contribution < 1.29 is 29.3 Å². The van der Waals surface area contributed by atoms with E-state index < -0.39 is 12.1 Å². The van der Waals surface area contributed by atoms with Crippen LogP contribution in [0.4, 0.5) is 28.1 Å². The topological polar surface area (TPSA) is 188 Å². The third kappa shape index (κ3) is 7.31. The molecule has 0 atom stereocenters. The molecule has 1 aromatic carbocycles. The maximum absolute atomic E-state index is 11.2. The molecular weight excluding hydrogens is 418 g/mol. The van der Waals surface area contributed by atoms with E-state index in [1.165, 1.54) is 26.2 Å². The first-order chi connectivity index (χ1) is 14.3. The van der Waals surface area contributed by atoms with E-state index in [-0.39, 0.29) is 46.6 Å². The number of anilines is 4. The number of carbonyl (C=O) groups excluding carboxylic acids is 2. The van der Waals surface area contributed by atoms with E-state index in [4.69, 9.17) is 5.11 Å². The summed E-state index contributed by atoms with van der Waals surface area (Å²) in [4.78, 5) is 45.4. The molecule has 1 heterocycles. The third-order valence-corrected chi connectivity index (χ3v) is 4.04. The van der Waals surface area contributed by atoms with Gasteiger partial charge in [0, 0.05) is 24.4 Å². The molecule has 0 saturated heterocycles. The average Bonchev–Trinajstić information content (AvgIpc) is 2.67. The number of aromatic hydroxyl groups is 1. The standard InChI is InChI=1S/C16H19N7O6S/c1-8(24)17-10-4-3-9(7-11(10)25)18-13-19-14(22-23-16(28)29-2)21-15(20-13)30-6-5-12(26)27/h3-4,7,25H,5-6H2,1-2H3,(H,17,24)(H,23,28)(H,26,27)(H2,18,19,20,21,22). The van der Waals surface area contributed by atoms with Gasteiger partial charge in [0.25, 0.3) is 0 Å². The zero-order chi connectivity index (χ0) is 22.1. The zero-order valence-corrected chi connectivity index (χ0v) is 16.7. The van der Waals surface area contributed by atoms with Crippen LogP contribution in [0.2, 0.25) is 0 Å². The van der Waals surface area contributed by atoms with Gasteiger partial charge in [-0.05, 0) is 12.1 Å². The van der Waals surface area contributed by atoms with E-state index in [0.29, 0.717) is 5.69 Å². The number of nitrogens with zero attached hydrogens (tertiary/aromatic N) is 3. The van der Waals surface area contributed by atoms with Gasteiger partial charge in [-0.3, -0.25) is 15.0 Å². The lowest BCUT2D eigenvalue weighted by Gasteiger charge is -2.11. The van der Waals surface area contributed by atoms with E-state index >= 15 is 0 Å². The molecule has 2 amide bonds. The van der Waals surface area contributed by atoms with Gasteiger partial charge in [-0.2, -0.15) is 15.0 Å². The van der Waals surface area contributed by atoms with Crippen LogP contribution in [0, 0.1) is 0 Å². The Morgan fingerprint density at radius 2 is 1.90 bits per heavy atom. The molecule has 0 radical (unpaired) electrons. The van der Waals surface area contributed by atoms with Crippen molar-refractivity contribution in [2.24, 2.45) is 0 Å². The highest BCUT2D eigenvalue weighted by Gasteiger charge is 2.11. The summed E-state index contributed by atoms with van der Waals surface area (Å²) in [6, 6.07) is 4.42. The zero-order valence-electron chi connectivity index (χ0n) is 15.9. The van der Waals surface area contributed by atoms with Gasteiger partial charge in [-0.25, -0.2) is 10.2 Å². The van der Waals surface area contributed by atoms with Crippen molar-refractivity contribution in [2.75, 3.05) is 28.9 Å². The van der Waals surface area contributed by atoms with Crippen molar-refractivity contribution in [1.29, 1.82) is 0 Å². The van der Waals surface area contributed by atoms with E-state index in [0.717, 1.165) is 11.8 Å². The fraction of sp³-hybridized carbons (Fsp3) is 0.250. The number of phenols is 1. The predicted molar refractivity (Wildman–Crippen MR) is 108 cm³/mol. The van der Waals surface area contributed by atoms with Crippen LogP contribution in [-0.4, -0.2) is 56.0 Å². The van der Waals surface area contributed by atoms with Crippen LogP contribution >= 0.6 is 11.8 Å². The first kappa shape index (κ1) is 22.5. The number of hydrogen-bond donors (Lipinski definition) is 6. The molecule has 0 bridgehead atoms. The highest BCUT2D eigenvalue weighted by atomic mass is 32.2. The number of benzene rings is 1. The summed E-state index contributed by atoms with van der Waals surface area (Å²) >= 11 is 1.08. The second-order valence-electron chi connectivity index (χ2n) is 5.54. The first-order valence-corrected chi connectivity index (χ1v) is 9.33. The lowest BCUT2D eigenvalue weighted by atomic mass is 10.2. The minimum atomic E-state index is -0.963. The van der Waals surface area contributed by atoms with Crippen LogP contribution in [0.3, 0.4) is 0 Å². The normalized spacial score (nSPS) is 10.1. The second-order valence-corrected chi connectivity index (χ2v) is 6.60. The van der Waals surface area contributed by atoms with E-state index in [2.05, 4.69) is 41.2 Å². The Balaban J connectivity index is 2.21. The Kier molecular flexibility index (Phi) is 7.99. The first-order valence-electron chi connectivity index (χ1n) is 8.35. The Labute approximate surface area is 174 Å². The summed E-state index contributed by atoms with van der Waals surface area (Å²) in [6.45, 7) is 1.32. The number of carboxylic acid groups (broad SMARTS) is 1. The van der Waals surface area contributed by atoms with Gasteiger partial charge in [-0.1, -0.05) is 11.8 Å². The van der Waals surface area contributed by atoms with E-state index in [9.17, 15) is 19.5 Å². The quantitative estimate of drug-likeness (QED) is 0.189. The summed E-state index contributed by atoms with van der Waals surface area (Å²) in [5, 5.41) is 24.3. The van der Waals surface area contributed by atoms with Gasteiger partial charge >= 0.3 is 12.1 Å². The van der Waals surface area contributed by atoms with Gasteiger partial charge < -0.3 is 25.6 Å². The number of phenolic OH excluding ortho intramolecular Hbond substituents is 1. The number of hydrogen-bond acceptors (Lipinski definition) is 11. The highest BCUT2D eigenvalue weighted by Crippen LogP contribution is 2.28. The maximum Gasteiger partial charge on any atom is 0.425 e. The molecular formula is C16H19N7O6S. The summed E-state index contributed by atoms with van der Waals surface area (Å²) in [5.41, 5.74) is 5.29. The molecule has 0 aliphatic rings. The van der Waals surface area contributed by atoms with Crippen molar-refractivity contribution in [3.63, 3.8) is 0 Å². The molecule has 30 heavy (non-hydrogen) atoms. The van der Waals surface area contributed by atoms with Gasteiger partial charge in [0.15, 0.2) is 5.16 Å². The molecule has 0 fully saturated rings. The number of methoxy groups -OCH3 is 1. The number of thioether (sulfide) groups is 1. The fourth-order valence-electron chi connectivity index (χ4n) is 1.95. The molecule has 13 nitrogen and oxygen atoms in total. The Morgan fingerprint density at radius 1 is 1.17 bits per heavy atom. The number of rotatable bonds is 9. The Bertz CT molecular complexity index is 942. The monoisotopic (exact) mass is 437 g/mol. The molecule has 14 heteroatoms. The number of ether oxygens (including phenoxy) is 1. The molecule has 0 aliphatic heterocycles. The van der Waals surface area contributed by atoms with Gasteiger partial charge in [-0.15, -0.1) is 0 Å². The summed E-state index contributed by atoms with van der Waals surface area (Å²) < 4.78 is 4.44. The molecule has 2 aromatic rings. The predicted octanol–water partition coefficient (Wildman–Crippen LogP) is 1.53. The van der Waals surface area contributed by atoms with E-state index in [1.807, 2.05) is 0 Å². The molecule has 0 unspecified atom stereocenters. The van der Waals surface area contributed by atoms with Crippen LogP contribution in [0.15, 0.2) is 23.4 Å². The molecule has 160 valence electrons. The summed E-state index contributed by atoms with van der Waals surface area (Å²) in [6.07, 6.45) is -0.871. The molecule has 2 rings (SSSR count). The van der Waals surface area contributed by atoms with Crippen LogP contribution in [-0.2, 0) is 14.3 Å². The number of nitrogens with one attached hydrogen (secondary N) is 4. The van der Waals surface area contributed by atoms with Crippen molar-refractivity contribution in [3.8, 4) is 5.75 Å². The lowest BCUT2D eigenvalue weighted by Crippen LogP contribution is -2.30. The summed E-state index contributed by atoms with van der Waals surface area (Å²) in [7, 11) is 1.18. The largest absolute Gasteiger partial charge is 0.506 e. The second kappa shape index (κ2) is 10.7. The number of amides is 2.